The second kappa shape index (κ2) is 10.9. The Bertz CT molecular complexity index is 1100. The summed E-state index contributed by atoms with van der Waals surface area (Å²) in [5.74, 6) is 0.0509. The van der Waals surface area contributed by atoms with Gasteiger partial charge in [0.25, 0.3) is 5.91 Å². The molecule has 0 radical (unpaired) electrons. The van der Waals surface area contributed by atoms with Gasteiger partial charge < -0.3 is 14.6 Å². The number of carbonyl (C=O) groups is 2. The van der Waals surface area contributed by atoms with Gasteiger partial charge in [0.1, 0.15) is 6.61 Å². The summed E-state index contributed by atoms with van der Waals surface area (Å²) in [6.45, 7) is 5.25. The number of halogens is 1. The molecule has 0 bridgehead atoms. The van der Waals surface area contributed by atoms with Crippen LogP contribution in [0.1, 0.15) is 35.3 Å². The molecule has 32 heavy (non-hydrogen) atoms. The van der Waals surface area contributed by atoms with E-state index in [-0.39, 0.29) is 18.1 Å². The lowest BCUT2D eigenvalue weighted by atomic mass is 10.1. The Morgan fingerprint density at radius 1 is 1.28 bits per heavy atom. The Labute approximate surface area is 204 Å². The molecule has 0 aromatic heterocycles. The molecular weight excluding hydrogens is 543 g/mol. The van der Waals surface area contributed by atoms with Crippen molar-refractivity contribution in [1.29, 1.82) is 0 Å². The van der Waals surface area contributed by atoms with Gasteiger partial charge in [-0.25, -0.2) is 4.79 Å². The molecule has 0 unspecified atom stereocenters. The fraction of sp³-hybridized carbons (Fsp3) is 0.261. The average molecular weight is 566 g/mol. The molecule has 1 aliphatic heterocycles. The molecular formula is C23H23IN2O5S. The van der Waals surface area contributed by atoms with Crippen molar-refractivity contribution in [3.8, 4) is 11.5 Å². The summed E-state index contributed by atoms with van der Waals surface area (Å²) >= 11 is 3.53. The van der Waals surface area contributed by atoms with Crippen LogP contribution < -0.4 is 9.47 Å². The lowest BCUT2D eigenvalue weighted by Crippen LogP contribution is -2.28. The maximum absolute atomic E-state index is 12.7. The monoisotopic (exact) mass is 566 g/mol. The van der Waals surface area contributed by atoms with Crippen molar-refractivity contribution >= 4 is 57.5 Å². The van der Waals surface area contributed by atoms with Crippen molar-refractivity contribution < 1.29 is 24.2 Å². The van der Waals surface area contributed by atoms with E-state index < -0.39 is 5.97 Å². The molecule has 2 aromatic rings. The smallest absolute Gasteiger partial charge is 0.335 e. The molecule has 0 saturated carbocycles. The Balaban J connectivity index is 1.85. The summed E-state index contributed by atoms with van der Waals surface area (Å²) in [4.78, 5) is 30.6. The third kappa shape index (κ3) is 5.44. The minimum atomic E-state index is -0.982. The van der Waals surface area contributed by atoms with Gasteiger partial charge in [-0.15, -0.1) is 0 Å². The number of amides is 1. The topological polar surface area (TPSA) is 88.4 Å². The highest BCUT2D eigenvalue weighted by Gasteiger charge is 2.31. The molecule has 1 saturated heterocycles. The molecule has 0 atom stereocenters. The number of aliphatic imine (C=N–C) groups is 1. The van der Waals surface area contributed by atoms with Gasteiger partial charge in [-0.2, -0.15) is 0 Å². The number of hydrogen-bond acceptors (Lipinski definition) is 6. The predicted octanol–water partition coefficient (Wildman–Crippen LogP) is 4.89. The molecule has 168 valence electrons. The molecule has 1 heterocycles. The molecule has 1 N–H and O–H groups in total. The lowest BCUT2D eigenvalue weighted by Gasteiger charge is -2.14. The quantitative estimate of drug-likeness (QED) is 0.362. The van der Waals surface area contributed by atoms with Crippen molar-refractivity contribution in [2.75, 3.05) is 20.2 Å². The second-order valence-electron chi connectivity index (χ2n) is 6.75. The van der Waals surface area contributed by atoms with E-state index in [0.717, 1.165) is 19.9 Å². The van der Waals surface area contributed by atoms with E-state index in [1.165, 1.54) is 17.8 Å². The van der Waals surface area contributed by atoms with E-state index in [1.807, 2.05) is 38.1 Å². The Morgan fingerprint density at radius 3 is 2.72 bits per heavy atom. The first-order valence-electron chi connectivity index (χ1n) is 9.96. The number of benzene rings is 2. The molecule has 7 nitrogen and oxygen atoms in total. The zero-order chi connectivity index (χ0) is 23.3. The number of carboxylic acid groups (broad SMARTS) is 1. The minimum Gasteiger partial charge on any atom is -0.493 e. The number of nitrogens with zero attached hydrogens (tertiary/aromatic N) is 2. The van der Waals surface area contributed by atoms with Crippen LogP contribution in [0.4, 0.5) is 0 Å². The number of ether oxygens (including phenoxy) is 2. The van der Waals surface area contributed by atoms with Crippen molar-refractivity contribution in [3.63, 3.8) is 0 Å². The van der Waals surface area contributed by atoms with Crippen LogP contribution in [0.3, 0.4) is 0 Å². The maximum Gasteiger partial charge on any atom is 0.335 e. The summed E-state index contributed by atoms with van der Waals surface area (Å²) in [6, 6.07) is 10.3. The van der Waals surface area contributed by atoms with Crippen molar-refractivity contribution in [2.24, 2.45) is 4.99 Å². The standard InChI is InChI=1S/C23H23IN2O5S/c1-4-25-23-26(5-2)21(27)19(32-23)12-15-10-17(24)20(18(11-15)30-3)31-13-14-7-6-8-16(9-14)22(28)29/h6-12H,4-5,13H2,1-3H3,(H,28,29)/b19-12+,25-23?. The zero-order valence-electron chi connectivity index (χ0n) is 17.9. The third-order valence-electron chi connectivity index (χ3n) is 4.60. The number of methoxy groups -OCH3 is 1. The van der Waals surface area contributed by atoms with E-state index in [0.29, 0.717) is 29.5 Å². The number of aromatic carboxylic acids is 1. The highest BCUT2D eigenvalue weighted by Crippen LogP contribution is 2.37. The molecule has 9 heteroatoms. The SMILES string of the molecule is CCN=C1S/C(=C/c2cc(I)c(OCc3cccc(C(=O)O)c3)c(OC)c2)C(=O)N1CC. The number of likely N-dealkylation sites (N-methyl/N-ethyl adjacent to an activating group) is 1. The number of rotatable bonds is 8. The first kappa shape index (κ1) is 24.1. The number of hydrogen-bond donors (Lipinski definition) is 1. The zero-order valence-corrected chi connectivity index (χ0v) is 20.9. The molecule has 1 amide bonds. The van der Waals surface area contributed by atoms with Crippen LogP contribution in [0.15, 0.2) is 46.3 Å². The summed E-state index contributed by atoms with van der Waals surface area (Å²) in [5.41, 5.74) is 1.76. The summed E-state index contributed by atoms with van der Waals surface area (Å²) < 4.78 is 12.3. The maximum atomic E-state index is 12.7. The van der Waals surface area contributed by atoms with Gasteiger partial charge in [-0.1, -0.05) is 12.1 Å². The highest BCUT2D eigenvalue weighted by molar-refractivity contribution is 14.1. The second-order valence-corrected chi connectivity index (χ2v) is 8.92. The van der Waals surface area contributed by atoms with Gasteiger partial charge in [0, 0.05) is 13.1 Å². The van der Waals surface area contributed by atoms with E-state index in [1.54, 1.807) is 24.1 Å². The molecule has 2 aromatic carbocycles. The first-order valence-corrected chi connectivity index (χ1v) is 11.9. The van der Waals surface area contributed by atoms with Crippen LogP contribution in [0.25, 0.3) is 6.08 Å². The van der Waals surface area contributed by atoms with Gasteiger partial charge in [0.15, 0.2) is 16.7 Å². The van der Waals surface area contributed by atoms with E-state index in [4.69, 9.17) is 14.6 Å². The van der Waals surface area contributed by atoms with Gasteiger partial charge in [0.2, 0.25) is 0 Å². The lowest BCUT2D eigenvalue weighted by molar-refractivity contribution is -0.122. The van der Waals surface area contributed by atoms with E-state index in [2.05, 4.69) is 27.6 Å². The fourth-order valence-corrected chi connectivity index (χ4v) is 4.99. The molecule has 0 aliphatic carbocycles. The van der Waals surface area contributed by atoms with Crippen LogP contribution in [0, 0.1) is 3.57 Å². The van der Waals surface area contributed by atoms with Crippen molar-refractivity contribution in [3.05, 3.63) is 61.6 Å². The van der Waals surface area contributed by atoms with Gasteiger partial charge in [0.05, 0.1) is 21.1 Å². The number of thioether (sulfide) groups is 1. The van der Waals surface area contributed by atoms with Crippen molar-refractivity contribution in [2.45, 2.75) is 20.5 Å². The van der Waals surface area contributed by atoms with E-state index >= 15 is 0 Å². The summed E-state index contributed by atoms with van der Waals surface area (Å²) in [5, 5.41) is 9.88. The number of carboxylic acids is 1. The largest absolute Gasteiger partial charge is 0.493 e. The van der Waals surface area contributed by atoms with Crippen LogP contribution in [0.5, 0.6) is 11.5 Å². The van der Waals surface area contributed by atoms with E-state index in [9.17, 15) is 9.59 Å². The Morgan fingerprint density at radius 2 is 2.06 bits per heavy atom. The average Bonchev–Trinajstić information content (AvgIpc) is 3.06. The van der Waals surface area contributed by atoms with Crippen LogP contribution in [0.2, 0.25) is 0 Å². The van der Waals surface area contributed by atoms with Gasteiger partial charge in [-0.3, -0.25) is 14.7 Å². The number of carbonyl (C=O) groups excluding carboxylic acids is 1. The Hall–Kier alpha value is -2.53. The molecule has 3 rings (SSSR count). The van der Waals surface area contributed by atoms with Crippen LogP contribution >= 0.6 is 34.4 Å². The van der Waals surface area contributed by atoms with Crippen LogP contribution in [-0.4, -0.2) is 47.2 Å². The summed E-state index contributed by atoms with van der Waals surface area (Å²) in [7, 11) is 1.56. The van der Waals surface area contributed by atoms with Gasteiger partial charge in [-0.05, 0) is 89.7 Å². The van der Waals surface area contributed by atoms with Crippen LogP contribution in [-0.2, 0) is 11.4 Å². The molecule has 0 spiro atoms. The molecule has 1 fully saturated rings. The van der Waals surface area contributed by atoms with Gasteiger partial charge >= 0.3 is 5.97 Å². The third-order valence-corrected chi connectivity index (χ3v) is 6.45. The molecule has 1 aliphatic rings. The normalized spacial score (nSPS) is 16.1. The first-order chi connectivity index (χ1) is 15.4. The Kier molecular flexibility index (Phi) is 8.19. The minimum absolute atomic E-state index is 0.0580. The number of amidine groups is 1. The predicted molar refractivity (Wildman–Crippen MR) is 134 cm³/mol. The fourth-order valence-electron chi connectivity index (χ4n) is 3.10. The summed E-state index contributed by atoms with van der Waals surface area (Å²) in [6.07, 6.45) is 1.83. The highest BCUT2D eigenvalue weighted by atomic mass is 127. The van der Waals surface area contributed by atoms with Crippen molar-refractivity contribution in [1.82, 2.24) is 4.90 Å².